The monoisotopic (exact) mass is 541 g/mol. The number of hydrogen-bond acceptors (Lipinski definition) is 7. The highest BCUT2D eigenvalue weighted by Gasteiger charge is 2.38. The minimum atomic E-state index is -4.42. The van der Waals surface area contributed by atoms with Gasteiger partial charge in [-0.1, -0.05) is 6.92 Å². The molecule has 0 aromatic carbocycles. The van der Waals surface area contributed by atoms with Crippen LogP contribution >= 0.6 is 11.3 Å². The number of aliphatic hydroxyl groups is 1. The second-order valence-electron chi connectivity index (χ2n) is 10.1. The molecule has 0 saturated carbocycles. The van der Waals surface area contributed by atoms with E-state index in [1.165, 1.54) is 19.2 Å². The van der Waals surface area contributed by atoms with Crippen LogP contribution in [0.15, 0.2) is 12.3 Å². The van der Waals surface area contributed by atoms with E-state index in [9.17, 15) is 27.9 Å². The molecule has 12 heteroatoms. The van der Waals surface area contributed by atoms with Crippen LogP contribution in [0.1, 0.15) is 79.2 Å². The van der Waals surface area contributed by atoms with Crippen LogP contribution in [0.3, 0.4) is 0 Å². The summed E-state index contributed by atoms with van der Waals surface area (Å²) in [5, 5.41) is 15.1. The van der Waals surface area contributed by atoms with E-state index in [0.29, 0.717) is 22.5 Å². The van der Waals surface area contributed by atoms with E-state index in [2.05, 4.69) is 20.6 Å². The van der Waals surface area contributed by atoms with Crippen LogP contribution in [0, 0.1) is 6.92 Å². The first-order chi connectivity index (χ1) is 17.2. The van der Waals surface area contributed by atoms with Gasteiger partial charge >= 0.3 is 6.18 Å². The van der Waals surface area contributed by atoms with E-state index in [-0.39, 0.29) is 41.4 Å². The molecule has 8 nitrogen and oxygen atoms in total. The summed E-state index contributed by atoms with van der Waals surface area (Å²) >= 11 is 1.01. The van der Waals surface area contributed by atoms with Crippen molar-refractivity contribution in [2.24, 2.45) is 0 Å². The standard InChI is InChI=1S/C25H34F3N5O3S/c1-6-17(25(26,27)28)31-18-11-14(2)16(12-29-18)20-19(23(35)33-10-8-7-9-15(33)3)32-22(37-20)21(34)30-13-24(4,5)36/h11-12,15,17,36H,6-10,13H2,1-5H3,(H,29,31)(H,30,34)/t15-,17-/m0/s1. The Morgan fingerprint density at radius 2 is 2.00 bits per heavy atom. The number of hydrogen-bond donors (Lipinski definition) is 3. The molecule has 1 aliphatic rings. The van der Waals surface area contributed by atoms with Crippen molar-refractivity contribution < 1.29 is 27.9 Å². The largest absolute Gasteiger partial charge is 0.408 e. The summed E-state index contributed by atoms with van der Waals surface area (Å²) in [6.07, 6.45) is -0.416. The molecule has 2 aromatic heterocycles. The van der Waals surface area contributed by atoms with Gasteiger partial charge in [0.25, 0.3) is 11.8 Å². The third-order valence-corrected chi connectivity index (χ3v) is 7.34. The highest BCUT2D eigenvalue weighted by atomic mass is 32.1. The van der Waals surface area contributed by atoms with E-state index in [1.807, 2.05) is 6.92 Å². The Bertz CT molecular complexity index is 1130. The number of rotatable bonds is 8. The van der Waals surface area contributed by atoms with Gasteiger partial charge in [-0.05, 0) is 65.0 Å². The summed E-state index contributed by atoms with van der Waals surface area (Å²) in [7, 11) is 0. The van der Waals surface area contributed by atoms with Crippen molar-refractivity contribution in [1.29, 1.82) is 0 Å². The van der Waals surface area contributed by atoms with Crippen molar-refractivity contribution >= 4 is 29.0 Å². The number of anilines is 1. The van der Waals surface area contributed by atoms with Crippen molar-refractivity contribution in [3.05, 3.63) is 28.5 Å². The van der Waals surface area contributed by atoms with Gasteiger partial charge < -0.3 is 20.6 Å². The lowest BCUT2D eigenvalue weighted by Gasteiger charge is -2.33. The van der Waals surface area contributed by atoms with Gasteiger partial charge in [0.1, 0.15) is 17.6 Å². The third-order valence-electron chi connectivity index (χ3n) is 6.25. The summed E-state index contributed by atoms with van der Waals surface area (Å²) in [5.41, 5.74) is 0.0767. The highest BCUT2D eigenvalue weighted by molar-refractivity contribution is 7.17. The molecule has 37 heavy (non-hydrogen) atoms. The van der Waals surface area contributed by atoms with Crippen LogP contribution in [0.4, 0.5) is 19.0 Å². The first kappa shape index (κ1) is 28.8. The molecule has 1 saturated heterocycles. The van der Waals surface area contributed by atoms with Gasteiger partial charge in [0.05, 0.1) is 10.5 Å². The number of halogens is 3. The lowest BCUT2D eigenvalue weighted by atomic mass is 10.0. The SMILES string of the molecule is CC[C@H](Nc1cc(C)c(-c2sc(C(=O)NCC(C)(C)O)nc2C(=O)N2CCCC[C@@H]2C)cn1)C(F)(F)F. The van der Waals surface area contributed by atoms with E-state index in [1.54, 1.807) is 25.7 Å². The van der Waals surface area contributed by atoms with Gasteiger partial charge in [-0.25, -0.2) is 9.97 Å². The number of aryl methyl sites for hydroxylation is 1. The van der Waals surface area contributed by atoms with Gasteiger partial charge in [0, 0.05) is 30.9 Å². The Morgan fingerprint density at radius 3 is 2.57 bits per heavy atom. The molecule has 1 fully saturated rings. The van der Waals surface area contributed by atoms with Crippen LogP contribution in [0.5, 0.6) is 0 Å². The third kappa shape index (κ3) is 7.19. The summed E-state index contributed by atoms with van der Waals surface area (Å²) < 4.78 is 39.7. The van der Waals surface area contributed by atoms with Gasteiger partial charge in [0.2, 0.25) is 0 Å². The number of amides is 2. The van der Waals surface area contributed by atoms with E-state index < -0.39 is 23.7 Å². The molecule has 2 atom stereocenters. The predicted octanol–water partition coefficient (Wildman–Crippen LogP) is 4.78. The number of carbonyl (C=O) groups is 2. The number of thiazole rings is 1. The first-order valence-electron chi connectivity index (χ1n) is 12.3. The quantitative estimate of drug-likeness (QED) is 0.444. The minimum Gasteiger partial charge on any atom is -0.389 e. The molecule has 0 unspecified atom stereocenters. The van der Waals surface area contributed by atoms with Crippen molar-refractivity contribution in [2.75, 3.05) is 18.4 Å². The second kappa shape index (κ2) is 11.3. The fourth-order valence-electron chi connectivity index (χ4n) is 4.12. The Hall–Kier alpha value is -2.73. The smallest absolute Gasteiger partial charge is 0.389 e. The maximum atomic E-state index is 13.6. The Labute approximate surface area is 218 Å². The molecule has 204 valence electrons. The van der Waals surface area contributed by atoms with Crippen LogP contribution in [-0.2, 0) is 0 Å². The molecular formula is C25H34F3N5O3S. The zero-order chi connectivity index (χ0) is 27.5. The highest BCUT2D eigenvalue weighted by Crippen LogP contribution is 2.35. The summed E-state index contributed by atoms with van der Waals surface area (Å²) in [4.78, 5) is 37.1. The number of pyridine rings is 1. The van der Waals surface area contributed by atoms with Crippen molar-refractivity contribution in [1.82, 2.24) is 20.2 Å². The van der Waals surface area contributed by atoms with Crippen LogP contribution in [0.2, 0.25) is 0 Å². The Morgan fingerprint density at radius 1 is 1.30 bits per heavy atom. The topological polar surface area (TPSA) is 107 Å². The molecule has 3 heterocycles. The number of carbonyl (C=O) groups excluding carboxylic acids is 2. The molecule has 2 amide bonds. The normalized spacial score (nSPS) is 17.4. The van der Waals surface area contributed by atoms with E-state index in [4.69, 9.17) is 0 Å². The zero-order valence-electron chi connectivity index (χ0n) is 21.7. The average molecular weight is 542 g/mol. The maximum absolute atomic E-state index is 13.6. The molecule has 2 aromatic rings. The summed E-state index contributed by atoms with van der Waals surface area (Å²) in [6, 6.07) is -0.227. The molecule has 3 N–H and O–H groups in total. The van der Waals surface area contributed by atoms with E-state index in [0.717, 1.165) is 30.6 Å². The summed E-state index contributed by atoms with van der Waals surface area (Å²) in [6.45, 7) is 8.80. The van der Waals surface area contributed by atoms with Crippen LogP contribution < -0.4 is 10.6 Å². The van der Waals surface area contributed by atoms with Gasteiger partial charge in [-0.2, -0.15) is 13.2 Å². The number of nitrogens with zero attached hydrogens (tertiary/aromatic N) is 3. The second-order valence-corrected chi connectivity index (χ2v) is 11.1. The van der Waals surface area contributed by atoms with Gasteiger partial charge in [-0.3, -0.25) is 9.59 Å². The van der Waals surface area contributed by atoms with E-state index >= 15 is 0 Å². The molecular weight excluding hydrogens is 507 g/mol. The zero-order valence-corrected chi connectivity index (χ0v) is 22.5. The first-order valence-corrected chi connectivity index (χ1v) is 13.2. The Balaban J connectivity index is 1.99. The molecule has 0 spiro atoms. The molecule has 0 aliphatic carbocycles. The summed E-state index contributed by atoms with van der Waals surface area (Å²) in [5.74, 6) is -0.765. The number of likely N-dealkylation sites (tertiary alicyclic amines) is 1. The number of alkyl halides is 3. The fourth-order valence-corrected chi connectivity index (χ4v) is 5.17. The molecule has 1 aliphatic heterocycles. The lowest BCUT2D eigenvalue weighted by molar-refractivity contribution is -0.142. The molecule has 0 radical (unpaired) electrons. The number of aromatic nitrogens is 2. The van der Waals surface area contributed by atoms with Crippen molar-refractivity contribution in [3.8, 4) is 10.4 Å². The molecule has 0 bridgehead atoms. The fraction of sp³-hybridized carbons (Fsp3) is 0.600. The van der Waals surface area contributed by atoms with Gasteiger partial charge in [0.15, 0.2) is 5.01 Å². The predicted molar refractivity (Wildman–Crippen MR) is 137 cm³/mol. The number of nitrogens with one attached hydrogen (secondary N) is 2. The van der Waals surface area contributed by atoms with Crippen LogP contribution in [-0.4, -0.2) is 68.7 Å². The van der Waals surface area contributed by atoms with Crippen molar-refractivity contribution in [2.45, 2.75) is 84.2 Å². The lowest BCUT2D eigenvalue weighted by Crippen LogP contribution is -2.42. The molecule has 3 rings (SSSR count). The van der Waals surface area contributed by atoms with Gasteiger partial charge in [-0.15, -0.1) is 11.3 Å². The maximum Gasteiger partial charge on any atom is 0.408 e. The minimum absolute atomic E-state index is 0.00800. The van der Waals surface area contributed by atoms with Crippen molar-refractivity contribution in [3.63, 3.8) is 0 Å². The number of piperidine rings is 1. The Kier molecular flexibility index (Phi) is 8.84. The average Bonchev–Trinajstić information content (AvgIpc) is 3.25. The van der Waals surface area contributed by atoms with Crippen LogP contribution in [0.25, 0.3) is 10.4 Å².